The molecule has 1 nitrogen and oxygen atoms in total. The van der Waals surface area contributed by atoms with Crippen LogP contribution < -0.4 is 4.90 Å². The van der Waals surface area contributed by atoms with Gasteiger partial charge in [-0.2, -0.15) is 0 Å². The van der Waals surface area contributed by atoms with Crippen LogP contribution >= 0.6 is 0 Å². The number of hydrogen-bond donors (Lipinski definition) is 0. The zero-order valence-corrected chi connectivity index (χ0v) is 35.1. The Labute approximate surface area is 373 Å². The molecule has 0 N–H and O–H groups in total. The third-order valence-corrected chi connectivity index (χ3v) is 13.9. The first kappa shape index (κ1) is 36.4. The molecule has 11 aromatic carbocycles. The number of benzene rings is 11. The van der Waals surface area contributed by atoms with E-state index in [9.17, 15) is 0 Å². The second-order valence-electron chi connectivity index (χ2n) is 17.1. The molecule has 0 fully saturated rings. The van der Waals surface area contributed by atoms with Gasteiger partial charge in [-0.3, -0.25) is 0 Å². The maximum Gasteiger partial charge on any atom is 0.0726 e. The van der Waals surface area contributed by atoms with Crippen molar-refractivity contribution in [1.82, 2.24) is 0 Å². The van der Waals surface area contributed by atoms with Gasteiger partial charge in [-0.05, 0) is 124 Å². The monoisotopic (exact) mass is 811 g/mol. The van der Waals surface area contributed by atoms with E-state index in [-0.39, 0.29) is 0 Å². The van der Waals surface area contributed by atoms with Crippen LogP contribution in [0.4, 0.5) is 17.1 Å². The Balaban J connectivity index is 1.14. The highest BCUT2D eigenvalue weighted by Crippen LogP contribution is 2.63. The Bertz CT molecular complexity index is 3560. The van der Waals surface area contributed by atoms with Crippen molar-refractivity contribution in [1.29, 1.82) is 0 Å². The highest BCUT2D eigenvalue weighted by Gasteiger charge is 2.51. The van der Waals surface area contributed by atoms with Crippen molar-refractivity contribution in [3.8, 4) is 55.6 Å². The molecule has 1 heteroatoms. The Morgan fingerprint density at radius 3 is 1.39 bits per heavy atom. The lowest BCUT2D eigenvalue weighted by Gasteiger charge is -2.33. The summed E-state index contributed by atoms with van der Waals surface area (Å²) < 4.78 is 0. The predicted molar refractivity (Wildman–Crippen MR) is 269 cm³/mol. The fourth-order valence-electron chi connectivity index (χ4n) is 11.2. The van der Waals surface area contributed by atoms with Crippen molar-refractivity contribution in [3.63, 3.8) is 0 Å². The van der Waals surface area contributed by atoms with Crippen molar-refractivity contribution in [3.05, 3.63) is 271 Å². The van der Waals surface area contributed by atoms with Crippen LogP contribution in [0.1, 0.15) is 22.3 Å². The average Bonchev–Trinajstić information content (AvgIpc) is 3.84. The van der Waals surface area contributed by atoms with E-state index in [1.165, 1.54) is 99.4 Å². The molecule has 64 heavy (non-hydrogen) atoms. The van der Waals surface area contributed by atoms with Crippen molar-refractivity contribution in [2.24, 2.45) is 0 Å². The summed E-state index contributed by atoms with van der Waals surface area (Å²) in [5, 5.41) is 4.89. The van der Waals surface area contributed by atoms with Gasteiger partial charge in [-0.15, -0.1) is 0 Å². The van der Waals surface area contributed by atoms with Gasteiger partial charge in [-0.1, -0.05) is 218 Å². The van der Waals surface area contributed by atoms with Crippen molar-refractivity contribution in [2.45, 2.75) is 5.41 Å². The minimum absolute atomic E-state index is 0.476. The molecule has 0 unspecified atom stereocenters. The van der Waals surface area contributed by atoms with E-state index in [2.05, 4.69) is 254 Å². The molecule has 0 aliphatic heterocycles. The van der Waals surface area contributed by atoms with Gasteiger partial charge in [0, 0.05) is 16.9 Å². The van der Waals surface area contributed by atoms with Gasteiger partial charge < -0.3 is 4.90 Å². The van der Waals surface area contributed by atoms with Gasteiger partial charge in [0.05, 0.1) is 11.1 Å². The maximum atomic E-state index is 2.53. The number of nitrogens with zero attached hydrogens (tertiary/aromatic N) is 1. The zero-order chi connectivity index (χ0) is 42.2. The van der Waals surface area contributed by atoms with E-state index in [0.29, 0.717) is 0 Å². The van der Waals surface area contributed by atoms with Crippen LogP contribution in [0.3, 0.4) is 0 Å². The summed E-state index contributed by atoms with van der Waals surface area (Å²) in [6, 6.07) is 92.3. The molecule has 0 heterocycles. The minimum Gasteiger partial charge on any atom is -0.310 e. The van der Waals surface area contributed by atoms with E-state index in [4.69, 9.17) is 0 Å². The van der Waals surface area contributed by atoms with Crippen molar-refractivity contribution in [2.75, 3.05) is 4.90 Å². The van der Waals surface area contributed by atoms with Gasteiger partial charge >= 0.3 is 0 Å². The lowest BCUT2D eigenvalue weighted by atomic mass is 9.70. The van der Waals surface area contributed by atoms with Crippen LogP contribution in [0.25, 0.3) is 77.2 Å². The zero-order valence-electron chi connectivity index (χ0n) is 35.1. The van der Waals surface area contributed by atoms with E-state index in [0.717, 1.165) is 17.1 Å². The van der Waals surface area contributed by atoms with Crippen LogP contribution in [0, 0.1) is 0 Å². The first-order valence-corrected chi connectivity index (χ1v) is 22.3. The van der Waals surface area contributed by atoms with E-state index < -0.39 is 5.41 Å². The first-order valence-electron chi connectivity index (χ1n) is 22.3. The highest BCUT2D eigenvalue weighted by atomic mass is 15.1. The molecule has 298 valence electrons. The Kier molecular flexibility index (Phi) is 8.20. The molecule has 0 atom stereocenters. The van der Waals surface area contributed by atoms with Crippen LogP contribution in [-0.4, -0.2) is 0 Å². The van der Waals surface area contributed by atoms with Gasteiger partial charge in [0.2, 0.25) is 0 Å². The standard InChI is InChI=1S/C63H41N/c1-2-18-42(19-3-1)45-24-14-25-46(40-45)64(47-38-39-54-53-30-10-13-36-59(53)63(60(54)41-47)57-34-11-8-28-51(57)52-29-9-12-35-58(52)63)61-37-17-33-56(50-31-15-22-43-20-4-6-26-48(43)50)62(61)55-32-16-23-44-21-5-7-27-49(44)55/h1-41H. The van der Waals surface area contributed by atoms with Crippen LogP contribution in [0.2, 0.25) is 0 Å². The topological polar surface area (TPSA) is 3.24 Å². The maximum absolute atomic E-state index is 2.53. The fraction of sp³-hybridized carbons (Fsp3) is 0.0159. The molecule has 0 radical (unpaired) electrons. The number of anilines is 3. The molecule has 11 aromatic rings. The van der Waals surface area contributed by atoms with E-state index >= 15 is 0 Å². The highest BCUT2D eigenvalue weighted by molar-refractivity contribution is 6.10. The third kappa shape index (κ3) is 5.31. The number of hydrogen-bond acceptors (Lipinski definition) is 1. The number of rotatable bonds is 6. The summed E-state index contributed by atoms with van der Waals surface area (Å²) >= 11 is 0. The first-order chi connectivity index (χ1) is 31.8. The molecule has 2 aliphatic carbocycles. The largest absolute Gasteiger partial charge is 0.310 e. The summed E-state index contributed by atoms with van der Waals surface area (Å²) in [7, 11) is 0. The fourth-order valence-corrected chi connectivity index (χ4v) is 11.2. The summed E-state index contributed by atoms with van der Waals surface area (Å²) in [6.45, 7) is 0. The average molecular weight is 812 g/mol. The molecular weight excluding hydrogens is 771 g/mol. The van der Waals surface area contributed by atoms with Crippen molar-refractivity contribution >= 4 is 38.6 Å². The van der Waals surface area contributed by atoms with Gasteiger partial charge in [0.25, 0.3) is 0 Å². The second kappa shape index (κ2) is 14.4. The molecule has 13 rings (SSSR count). The second-order valence-corrected chi connectivity index (χ2v) is 17.1. The van der Waals surface area contributed by atoms with Crippen LogP contribution in [-0.2, 0) is 5.41 Å². The van der Waals surface area contributed by atoms with Crippen LogP contribution in [0.5, 0.6) is 0 Å². The van der Waals surface area contributed by atoms with Crippen molar-refractivity contribution < 1.29 is 0 Å². The number of fused-ring (bicyclic) bond motifs is 12. The van der Waals surface area contributed by atoms with Gasteiger partial charge in [0.15, 0.2) is 0 Å². The Morgan fingerprint density at radius 2 is 0.719 bits per heavy atom. The summed E-state index contributed by atoms with van der Waals surface area (Å²) in [4.78, 5) is 2.53. The van der Waals surface area contributed by atoms with Gasteiger partial charge in [-0.25, -0.2) is 0 Å². The Morgan fingerprint density at radius 1 is 0.266 bits per heavy atom. The third-order valence-electron chi connectivity index (χ3n) is 13.9. The smallest absolute Gasteiger partial charge is 0.0726 e. The SMILES string of the molecule is c1ccc(-c2cccc(N(c3ccc4c(c3)C3(c5ccccc5-c5ccccc53)c3ccccc3-4)c3cccc(-c4cccc5ccccc45)c3-c3cccc4ccccc34)c2)cc1. The lowest BCUT2D eigenvalue weighted by Crippen LogP contribution is -2.26. The Hall–Kier alpha value is -8.26. The van der Waals surface area contributed by atoms with Crippen LogP contribution in [0.15, 0.2) is 249 Å². The van der Waals surface area contributed by atoms with E-state index in [1.807, 2.05) is 0 Å². The molecule has 0 amide bonds. The molecular formula is C63H41N. The summed E-state index contributed by atoms with van der Waals surface area (Å²) in [5.74, 6) is 0. The molecule has 0 saturated heterocycles. The summed E-state index contributed by atoms with van der Waals surface area (Å²) in [5.41, 5.74) is 20.5. The quantitative estimate of drug-likeness (QED) is 0.162. The molecule has 2 aliphatic rings. The summed E-state index contributed by atoms with van der Waals surface area (Å²) in [6.07, 6.45) is 0. The minimum atomic E-state index is -0.476. The normalized spacial score (nSPS) is 12.8. The van der Waals surface area contributed by atoms with E-state index in [1.54, 1.807) is 0 Å². The molecule has 0 saturated carbocycles. The molecule has 1 spiro atoms. The lowest BCUT2D eigenvalue weighted by molar-refractivity contribution is 0.793. The van der Waals surface area contributed by atoms with Gasteiger partial charge in [0.1, 0.15) is 0 Å². The molecule has 0 aromatic heterocycles. The predicted octanol–water partition coefficient (Wildman–Crippen LogP) is 16.8. The molecule has 0 bridgehead atoms.